The van der Waals surface area contributed by atoms with Crippen molar-refractivity contribution in [2.45, 2.75) is 39.7 Å². The molecule has 1 N–H and O–H groups in total. The normalized spacial score (nSPS) is 23.2. The van der Waals surface area contributed by atoms with E-state index in [0.717, 1.165) is 39.0 Å². The van der Waals surface area contributed by atoms with Gasteiger partial charge < -0.3 is 10.2 Å². The maximum atomic E-state index is 11.5. The highest BCUT2D eigenvalue weighted by Crippen LogP contribution is 2.09. The Morgan fingerprint density at radius 2 is 2.11 bits per heavy atom. The Kier molecular flexibility index (Phi) is 6.60. The molecule has 0 spiro atoms. The monoisotopic (exact) mass is 276 g/mol. The molecule has 0 radical (unpaired) electrons. The van der Waals surface area contributed by atoms with E-state index >= 15 is 0 Å². The van der Waals surface area contributed by atoms with Gasteiger partial charge in [0.05, 0.1) is 5.75 Å². The van der Waals surface area contributed by atoms with Gasteiger partial charge in [0.25, 0.3) is 0 Å². The number of nitrogens with one attached hydrogen (secondary N) is 1. The fourth-order valence-corrected chi connectivity index (χ4v) is 3.18. The number of rotatable bonds is 6. The van der Waals surface area contributed by atoms with E-state index in [-0.39, 0.29) is 5.75 Å². The average molecular weight is 276 g/mol. The zero-order chi connectivity index (χ0) is 13.6. The zero-order valence-electron chi connectivity index (χ0n) is 12.0. The average Bonchev–Trinajstić information content (AvgIpc) is 2.54. The number of sulfone groups is 1. The lowest BCUT2D eigenvalue weighted by molar-refractivity contribution is 0.246. The van der Waals surface area contributed by atoms with Crippen LogP contribution in [0, 0.1) is 5.92 Å². The summed E-state index contributed by atoms with van der Waals surface area (Å²) in [6, 6.07) is 0.537. The highest BCUT2D eigenvalue weighted by molar-refractivity contribution is 7.91. The van der Waals surface area contributed by atoms with E-state index in [4.69, 9.17) is 0 Å². The van der Waals surface area contributed by atoms with Gasteiger partial charge in [0.2, 0.25) is 0 Å². The molecule has 1 aliphatic rings. The van der Waals surface area contributed by atoms with Crippen LogP contribution < -0.4 is 5.32 Å². The van der Waals surface area contributed by atoms with Crippen molar-refractivity contribution in [1.29, 1.82) is 0 Å². The van der Waals surface area contributed by atoms with Crippen molar-refractivity contribution in [3.05, 3.63) is 0 Å². The molecule has 0 saturated carbocycles. The summed E-state index contributed by atoms with van der Waals surface area (Å²) in [7, 11) is -2.80. The van der Waals surface area contributed by atoms with Gasteiger partial charge in [0.15, 0.2) is 0 Å². The van der Waals surface area contributed by atoms with E-state index in [1.54, 1.807) is 6.92 Å². The summed E-state index contributed by atoms with van der Waals surface area (Å²) in [4.78, 5) is 2.41. The van der Waals surface area contributed by atoms with Crippen LogP contribution in [-0.4, -0.2) is 57.0 Å². The van der Waals surface area contributed by atoms with Crippen LogP contribution in [0.25, 0.3) is 0 Å². The van der Waals surface area contributed by atoms with Crippen LogP contribution in [0.2, 0.25) is 0 Å². The molecule has 0 aliphatic carbocycles. The summed E-state index contributed by atoms with van der Waals surface area (Å²) < 4.78 is 22.9. The van der Waals surface area contributed by atoms with Crippen molar-refractivity contribution < 1.29 is 8.42 Å². The van der Waals surface area contributed by atoms with Gasteiger partial charge in [-0.15, -0.1) is 0 Å². The van der Waals surface area contributed by atoms with Crippen LogP contribution in [-0.2, 0) is 9.84 Å². The fraction of sp³-hybridized carbons (Fsp3) is 1.00. The van der Waals surface area contributed by atoms with E-state index < -0.39 is 9.84 Å². The maximum Gasteiger partial charge on any atom is 0.150 e. The first-order valence-electron chi connectivity index (χ1n) is 7.10. The molecule has 1 heterocycles. The van der Waals surface area contributed by atoms with Gasteiger partial charge in [0, 0.05) is 18.3 Å². The van der Waals surface area contributed by atoms with Crippen molar-refractivity contribution in [2.24, 2.45) is 5.92 Å². The number of nitrogens with zero attached hydrogens (tertiary/aromatic N) is 1. The second-order valence-electron chi connectivity index (χ2n) is 5.55. The van der Waals surface area contributed by atoms with E-state index in [1.165, 1.54) is 0 Å². The Labute approximate surface area is 112 Å². The van der Waals surface area contributed by atoms with Crippen LogP contribution in [0.3, 0.4) is 0 Å². The molecule has 0 amide bonds. The molecule has 1 aliphatic heterocycles. The standard InChI is InChI=1S/C13H28N2O2S/c1-4-18(16,17)10-6-9-15-8-5-7-14-13(11-15)12(2)3/h12-14H,4-11H2,1-3H3. The van der Waals surface area contributed by atoms with Crippen LogP contribution in [0.15, 0.2) is 0 Å². The lowest BCUT2D eigenvalue weighted by atomic mass is 10.0. The summed E-state index contributed by atoms with van der Waals surface area (Å²) in [6.45, 7) is 10.3. The van der Waals surface area contributed by atoms with E-state index in [9.17, 15) is 8.42 Å². The van der Waals surface area contributed by atoms with Crippen molar-refractivity contribution in [1.82, 2.24) is 10.2 Å². The van der Waals surface area contributed by atoms with Gasteiger partial charge in [-0.1, -0.05) is 20.8 Å². The van der Waals surface area contributed by atoms with Gasteiger partial charge in [-0.05, 0) is 38.4 Å². The molecule has 0 bridgehead atoms. The molecular weight excluding hydrogens is 248 g/mol. The Morgan fingerprint density at radius 3 is 2.72 bits per heavy atom. The zero-order valence-corrected chi connectivity index (χ0v) is 12.8. The quantitative estimate of drug-likeness (QED) is 0.790. The molecular formula is C13H28N2O2S. The first-order valence-corrected chi connectivity index (χ1v) is 8.93. The number of hydrogen-bond acceptors (Lipinski definition) is 4. The second kappa shape index (κ2) is 7.46. The third kappa shape index (κ3) is 5.67. The molecule has 1 unspecified atom stereocenters. The second-order valence-corrected chi connectivity index (χ2v) is 8.02. The SMILES string of the molecule is CCS(=O)(=O)CCCN1CCCNC(C(C)C)C1. The van der Waals surface area contributed by atoms with Gasteiger partial charge in [-0.25, -0.2) is 8.42 Å². The largest absolute Gasteiger partial charge is 0.312 e. The van der Waals surface area contributed by atoms with Crippen molar-refractivity contribution in [3.8, 4) is 0 Å². The lowest BCUT2D eigenvalue weighted by Crippen LogP contribution is -2.41. The van der Waals surface area contributed by atoms with Gasteiger partial charge >= 0.3 is 0 Å². The molecule has 5 heteroatoms. The Bertz CT molecular complexity index is 328. The van der Waals surface area contributed by atoms with Crippen molar-refractivity contribution >= 4 is 9.84 Å². The minimum atomic E-state index is -2.80. The summed E-state index contributed by atoms with van der Waals surface area (Å²) in [5.41, 5.74) is 0. The molecule has 4 nitrogen and oxygen atoms in total. The predicted molar refractivity (Wildman–Crippen MR) is 76.6 cm³/mol. The van der Waals surface area contributed by atoms with Gasteiger partial charge in [0.1, 0.15) is 9.84 Å². The van der Waals surface area contributed by atoms with Crippen LogP contribution >= 0.6 is 0 Å². The Morgan fingerprint density at radius 1 is 1.39 bits per heavy atom. The Hall–Kier alpha value is -0.130. The maximum absolute atomic E-state index is 11.5. The highest BCUT2D eigenvalue weighted by Gasteiger charge is 2.20. The summed E-state index contributed by atoms with van der Waals surface area (Å²) in [6.07, 6.45) is 1.92. The fourth-order valence-electron chi connectivity index (χ4n) is 2.33. The van der Waals surface area contributed by atoms with Crippen molar-refractivity contribution in [3.63, 3.8) is 0 Å². The summed E-state index contributed by atoms with van der Waals surface area (Å²) in [5.74, 6) is 1.23. The predicted octanol–water partition coefficient (Wildman–Crippen LogP) is 1.13. The molecule has 0 aromatic heterocycles. The molecule has 1 saturated heterocycles. The first-order chi connectivity index (χ1) is 8.44. The molecule has 0 aromatic carbocycles. The van der Waals surface area contributed by atoms with E-state index in [0.29, 0.717) is 17.7 Å². The minimum Gasteiger partial charge on any atom is -0.312 e. The third-order valence-electron chi connectivity index (χ3n) is 3.69. The van der Waals surface area contributed by atoms with E-state index in [2.05, 4.69) is 24.1 Å². The first kappa shape index (κ1) is 15.9. The van der Waals surface area contributed by atoms with Crippen molar-refractivity contribution in [2.75, 3.05) is 37.7 Å². The third-order valence-corrected chi connectivity index (χ3v) is 5.48. The highest BCUT2D eigenvalue weighted by atomic mass is 32.2. The van der Waals surface area contributed by atoms with Gasteiger partial charge in [-0.2, -0.15) is 0 Å². The molecule has 0 aromatic rings. The molecule has 1 rings (SSSR count). The minimum absolute atomic E-state index is 0.267. The number of hydrogen-bond donors (Lipinski definition) is 1. The smallest absolute Gasteiger partial charge is 0.150 e. The van der Waals surface area contributed by atoms with Gasteiger partial charge in [-0.3, -0.25) is 0 Å². The lowest BCUT2D eigenvalue weighted by Gasteiger charge is -2.26. The molecule has 18 heavy (non-hydrogen) atoms. The molecule has 1 fully saturated rings. The van der Waals surface area contributed by atoms with Crippen LogP contribution in [0.1, 0.15) is 33.6 Å². The topological polar surface area (TPSA) is 49.4 Å². The Balaban J connectivity index is 2.36. The van der Waals surface area contributed by atoms with Crippen LogP contribution in [0.5, 0.6) is 0 Å². The molecule has 1 atom stereocenters. The molecule has 108 valence electrons. The van der Waals surface area contributed by atoms with Crippen LogP contribution in [0.4, 0.5) is 0 Å². The summed E-state index contributed by atoms with van der Waals surface area (Å²) in [5, 5.41) is 3.57. The summed E-state index contributed by atoms with van der Waals surface area (Å²) >= 11 is 0. The van der Waals surface area contributed by atoms with E-state index in [1.807, 2.05) is 0 Å².